The summed E-state index contributed by atoms with van der Waals surface area (Å²) < 4.78 is 14.2. The zero-order valence-electron chi connectivity index (χ0n) is 15.0. The minimum absolute atomic E-state index is 0. The SMILES string of the molecule is C=CC(NC(C)C1CNC1)c1ccccc1.CO[SiH](OC)OC.Cl. The van der Waals surface area contributed by atoms with Crippen LogP contribution in [0.1, 0.15) is 18.5 Å². The Bertz CT molecular complexity index is 426. The van der Waals surface area contributed by atoms with Gasteiger partial charge in [0.2, 0.25) is 0 Å². The van der Waals surface area contributed by atoms with Crippen molar-refractivity contribution in [2.75, 3.05) is 34.4 Å². The molecule has 1 aliphatic rings. The Morgan fingerprint density at radius 2 is 1.71 bits per heavy atom. The largest absolute Gasteiger partial charge is 0.483 e. The molecule has 1 aromatic rings. The fourth-order valence-corrected chi connectivity index (χ4v) is 2.91. The van der Waals surface area contributed by atoms with E-state index in [0.29, 0.717) is 6.04 Å². The van der Waals surface area contributed by atoms with Gasteiger partial charge in [-0.2, -0.15) is 0 Å². The van der Waals surface area contributed by atoms with Gasteiger partial charge >= 0.3 is 9.53 Å². The molecule has 1 fully saturated rings. The molecule has 138 valence electrons. The van der Waals surface area contributed by atoms with E-state index in [4.69, 9.17) is 13.3 Å². The molecule has 2 atom stereocenters. The zero-order valence-corrected chi connectivity index (χ0v) is 17.0. The van der Waals surface area contributed by atoms with Gasteiger partial charge in [0.05, 0.1) is 6.04 Å². The highest BCUT2D eigenvalue weighted by Crippen LogP contribution is 2.17. The van der Waals surface area contributed by atoms with Crippen molar-refractivity contribution < 1.29 is 13.3 Å². The third-order valence-electron chi connectivity index (χ3n) is 3.93. The number of halogens is 1. The van der Waals surface area contributed by atoms with Crippen LogP contribution in [0.3, 0.4) is 0 Å². The average molecular weight is 375 g/mol. The Hall–Kier alpha value is -0.733. The van der Waals surface area contributed by atoms with Gasteiger partial charge in [0, 0.05) is 40.5 Å². The highest BCUT2D eigenvalue weighted by molar-refractivity contribution is 6.36. The standard InChI is InChI=1S/C14H20N2.C3H10O3Si.ClH/c1-3-14(12-7-5-4-6-8-12)16-11(2)13-9-15-10-13;1-4-7(5-2)6-3;/h3-8,11,13-16H,1,9-10H2,2H3;7H,1-3H3;1H. The van der Waals surface area contributed by atoms with Crippen LogP contribution in [0, 0.1) is 5.92 Å². The lowest BCUT2D eigenvalue weighted by Gasteiger charge is -2.35. The van der Waals surface area contributed by atoms with Gasteiger partial charge in [-0.25, -0.2) is 0 Å². The third kappa shape index (κ3) is 7.89. The lowest BCUT2D eigenvalue weighted by Crippen LogP contribution is -2.52. The lowest BCUT2D eigenvalue weighted by molar-refractivity contribution is 0.163. The molecule has 0 aromatic heterocycles. The second-order valence-corrected chi connectivity index (χ2v) is 7.49. The Balaban J connectivity index is 0.000000570. The van der Waals surface area contributed by atoms with E-state index < -0.39 is 9.53 Å². The minimum Gasteiger partial charge on any atom is -0.379 e. The molecule has 0 saturated carbocycles. The van der Waals surface area contributed by atoms with Crippen molar-refractivity contribution in [3.8, 4) is 0 Å². The molecule has 1 saturated heterocycles. The molecule has 0 bridgehead atoms. The predicted octanol–water partition coefficient (Wildman–Crippen LogP) is 2.18. The van der Waals surface area contributed by atoms with E-state index in [0.717, 1.165) is 19.0 Å². The molecule has 2 unspecified atom stereocenters. The summed E-state index contributed by atoms with van der Waals surface area (Å²) in [5.41, 5.74) is 1.29. The van der Waals surface area contributed by atoms with Gasteiger partial charge in [-0.1, -0.05) is 36.4 Å². The summed E-state index contributed by atoms with van der Waals surface area (Å²) in [4.78, 5) is 0. The van der Waals surface area contributed by atoms with E-state index in [1.54, 1.807) is 21.3 Å². The molecule has 2 rings (SSSR count). The van der Waals surface area contributed by atoms with Crippen LogP contribution in [0.25, 0.3) is 0 Å². The van der Waals surface area contributed by atoms with E-state index in [9.17, 15) is 0 Å². The fraction of sp³-hybridized carbons (Fsp3) is 0.529. The number of hydrogen-bond donors (Lipinski definition) is 2. The summed E-state index contributed by atoms with van der Waals surface area (Å²) in [6.45, 7) is 8.43. The van der Waals surface area contributed by atoms with E-state index in [2.05, 4.69) is 48.4 Å². The van der Waals surface area contributed by atoms with Crippen molar-refractivity contribution in [2.24, 2.45) is 5.92 Å². The van der Waals surface area contributed by atoms with Crippen LogP contribution in [-0.4, -0.2) is 50.0 Å². The van der Waals surface area contributed by atoms with E-state index >= 15 is 0 Å². The summed E-state index contributed by atoms with van der Waals surface area (Å²) in [5.74, 6) is 0.756. The summed E-state index contributed by atoms with van der Waals surface area (Å²) in [5, 5.41) is 6.93. The van der Waals surface area contributed by atoms with Crippen LogP contribution in [0.15, 0.2) is 43.0 Å². The Morgan fingerprint density at radius 1 is 1.17 bits per heavy atom. The molecular weight excluding hydrogens is 344 g/mol. The first kappa shape index (κ1) is 23.3. The monoisotopic (exact) mass is 374 g/mol. The number of hydrogen-bond acceptors (Lipinski definition) is 5. The lowest BCUT2D eigenvalue weighted by atomic mass is 9.94. The van der Waals surface area contributed by atoms with E-state index in [1.165, 1.54) is 5.56 Å². The van der Waals surface area contributed by atoms with Crippen molar-refractivity contribution in [2.45, 2.75) is 19.0 Å². The average Bonchev–Trinajstić information content (AvgIpc) is 2.54. The maximum absolute atomic E-state index is 4.74. The Kier molecular flexibility index (Phi) is 13.1. The Labute approximate surface area is 154 Å². The highest BCUT2D eigenvalue weighted by atomic mass is 35.5. The summed E-state index contributed by atoms with van der Waals surface area (Å²) in [6.07, 6.45) is 1.98. The molecule has 1 aliphatic heterocycles. The Morgan fingerprint density at radius 3 is 2.04 bits per heavy atom. The van der Waals surface area contributed by atoms with E-state index in [1.807, 2.05) is 12.1 Å². The molecule has 2 N–H and O–H groups in total. The molecule has 0 amide bonds. The number of benzene rings is 1. The van der Waals surface area contributed by atoms with Crippen LogP contribution in [0.4, 0.5) is 0 Å². The topological polar surface area (TPSA) is 51.8 Å². The highest BCUT2D eigenvalue weighted by Gasteiger charge is 2.24. The van der Waals surface area contributed by atoms with Gasteiger partial charge in [0.25, 0.3) is 0 Å². The molecule has 0 aliphatic carbocycles. The van der Waals surface area contributed by atoms with Gasteiger partial charge in [-0.15, -0.1) is 19.0 Å². The second kappa shape index (κ2) is 13.5. The van der Waals surface area contributed by atoms with Crippen molar-refractivity contribution in [1.82, 2.24) is 10.6 Å². The molecule has 5 nitrogen and oxygen atoms in total. The number of nitrogens with one attached hydrogen (secondary N) is 2. The van der Waals surface area contributed by atoms with Crippen LogP contribution in [0.5, 0.6) is 0 Å². The molecule has 7 heteroatoms. The van der Waals surface area contributed by atoms with Crippen LogP contribution in [0.2, 0.25) is 0 Å². The first-order valence-electron chi connectivity index (χ1n) is 7.88. The predicted molar refractivity (Wildman–Crippen MR) is 104 cm³/mol. The molecule has 24 heavy (non-hydrogen) atoms. The van der Waals surface area contributed by atoms with Crippen LogP contribution in [-0.2, 0) is 13.3 Å². The quantitative estimate of drug-likeness (QED) is 0.539. The van der Waals surface area contributed by atoms with Gasteiger partial charge in [-0.05, 0) is 18.4 Å². The molecule has 1 heterocycles. The van der Waals surface area contributed by atoms with Crippen molar-refractivity contribution in [3.63, 3.8) is 0 Å². The maximum atomic E-state index is 4.74. The molecule has 1 aromatic carbocycles. The van der Waals surface area contributed by atoms with Gasteiger partial charge in [0.15, 0.2) is 0 Å². The van der Waals surface area contributed by atoms with Gasteiger partial charge in [0.1, 0.15) is 0 Å². The molecule has 0 radical (unpaired) electrons. The fourth-order valence-electron chi connectivity index (χ4n) is 2.33. The maximum Gasteiger partial charge on any atom is 0.483 e. The molecule has 0 spiro atoms. The van der Waals surface area contributed by atoms with Crippen molar-refractivity contribution in [1.29, 1.82) is 0 Å². The summed E-state index contributed by atoms with van der Waals surface area (Å²) in [6, 6.07) is 11.3. The normalized spacial score (nSPS) is 16.2. The first-order valence-corrected chi connectivity index (χ1v) is 9.30. The van der Waals surface area contributed by atoms with Crippen LogP contribution >= 0.6 is 12.4 Å². The van der Waals surface area contributed by atoms with Gasteiger partial charge < -0.3 is 23.9 Å². The summed E-state index contributed by atoms with van der Waals surface area (Å²) in [7, 11) is 3.05. The summed E-state index contributed by atoms with van der Waals surface area (Å²) >= 11 is 0. The zero-order chi connectivity index (χ0) is 17.1. The van der Waals surface area contributed by atoms with Crippen molar-refractivity contribution in [3.05, 3.63) is 48.6 Å². The minimum atomic E-state index is -1.67. The van der Waals surface area contributed by atoms with Crippen molar-refractivity contribution >= 4 is 21.9 Å². The smallest absolute Gasteiger partial charge is 0.379 e. The van der Waals surface area contributed by atoms with Crippen LogP contribution < -0.4 is 10.6 Å². The first-order chi connectivity index (χ1) is 11.2. The third-order valence-corrected chi connectivity index (χ3v) is 5.09. The van der Waals surface area contributed by atoms with Gasteiger partial charge in [-0.3, -0.25) is 0 Å². The van der Waals surface area contributed by atoms with E-state index in [-0.39, 0.29) is 18.4 Å². The molecular formula is C17H31ClN2O3Si. The second-order valence-electron chi connectivity index (χ2n) is 5.49. The number of rotatable bonds is 8.